The van der Waals surface area contributed by atoms with Crippen molar-refractivity contribution in [3.05, 3.63) is 24.0 Å². The summed E-state index contributed by atoms with van der Waals surface area (Å²) in [5.74, 6) is 1.62. The smallest absolute Gasteiger partial charge is 0.0574 e. The average molecular weight is 289 g/mol. The predicted molar refractivity (Wildman–Crippen MR) is 90.7 cm³/mol. The molecule has 3 nitrogen and oxygen atoms in total. The van der Waals surface area contributed by atoms with Crippen LogP contribution in [0.15, 0.2) is 18.3 Å². The molecule has 0 aromatic carbocycles. The molecule has 0 radical (unpaired) electrons. The van der Waals surface area contributed by atoms with Crippen LogP contribution in [0.2, 0.25) is 0 Å². The second kappa shape index (κ2) is 7.79. The lowest BCUT2D eigenvalue weighted by atomic mass is 9.95. The van der Waals surface area contributed by atoms with E-state index in [1.807, 2.05) is 0 Å². The zero-order valence-electron chi connectivity index (χ0n) is 14.1. The summed E-state index contributed by atoms with van der Waals surface area (Å²) in [6.45, 7) is 12.5. The van der Waals surface area contributed by atoms with Gasteiger partial charge in [-0.1, -0.05) is 27.7 Å². The van der Waals surface area contributed by atoms with E-state index in [0.29, 0.717) is 6.04 Å². The lowest BCUT2D eigenvalue weighted by Crippen LogP contribution is -2.23. The first-order valence-corrected chi connectivity index (χ1v) is 8.60. The van der Waals surface area contributed by atoms with Crippen LogP contribution in [-0.2, 0) is 0 Å². The standard InChI is InChI=1S/C18H31N3/c1-5-10-19-17(6-2)18-8-7-16(12-20-18)21-11-9-15(13-21)14(3)4/h7-8,12,14-15,17,19H,5-6,9-11,13H2,1-4H3. The zero-order chi connectivity index (χ0) is 15.2. The fourth-order valence-corrected chi connectivity index (χ4v) is 3.13. The minimum Gasteiger partial charge on any atom is -0.370 e. The Bertz CT molecular complexity index is 413. The summed E-state index contributed by atoms with van der Waals surface area (Å²) in [5, 5.41) is 3.57. The van der Waals surface area contributed by atoms with Crippen LogP contribution < -0.4 is 10.2 Å². The van der Waals surface area contributed by atoms with E-state index in [9.17, 15) is 0 Å². The van der Waals surface area contributed by atoms with Gasteiger partial charge >= 0.3 is 0 Å². The van der Waals surface area contributed by atoms with E-state index in [0.717, 1.165) is 24.8 Å². The largest absolute Gasteiger partial charge is 0.370 e. The summed E-state index contributed by atoms with van der Waals surface area (Å²) < 4.78 is 0. The summed E-state index contributed by atoms with van der Waals surface area (Å²) >= 11 is 0. The van der Waals surface area contributed by atoms with Crippen LogP contribution in [0.5, 0.6) is 0 Å². The molecular weight excluding hydrogens is 258 g/mol. The highest BCUT2D eigenvalue weighted by molar-refractivity contribution is 5.45. The highest BCUT2D eigenvalue weighted by Gasteiger charge is 2.25. The van der Waals surface area contributed by atoms with Crippen molar-refractivity contribution in [1.29, 1.82) is 0 Å². The van der Waals surface area contributed by atoms with Gasteiger partial charge in [0.2, 0.25) is 0 Å². The molecule has 21 heavy (non-hydrogen) atoms. The third-order valence-corrected chi connectivity index (χ3v) is 4.71. The first-order chi connectivity index (χ1) is 10.2. The molecule has 1 aliphatic heterocycles. The zero-order valence-corrected chi connectivity index (χ0v) is 14.1. The first kappa shape index (κ1) is 16.3. The van der Waals surface area contributed by atoms with Gasteiger partial charge in [-0.15, -0.1) is 0 Å². The second-order valence-electron chi connectivity index (χ2n) is 6.60. The monoisotopic (exact) mass is 289 g/mol. The van der Waals surface area contributed by atoms with Crippen LogP contribution in [0.25, 0.3) is 0 Å². The van der Waals surface area contributed by atoms with Crippen molar-refractivity contribution in [3.63, 3.8) is 0 Å². The SMILES string of the molecule is CCCNC(CC)c1ccc(N2CCC(C(C)C)C2)cn1. The molecule has 0 bridgehead atoms. The van der Waals surface area contributed by atoms with Gasteiger partial charge in [-0.25, -0.2) is 0 Å². The Morgan fingerprint density at radius 3 is 2.67 bits per heavy atom. The van der Waals surface area contributed by atoms with Crippen LogP contribution in [0.4, 0.5) is 5.69 Å². The van der Waals surface area contributed by atoms with Gasteiger partial charge in [-0.05, 0) is 49.8 Å². The van der Waals surface area contributed by atoms with Gasteiger partial charge in [0.1, 0.15) is 0 Å². The molecule has 2 atom stereocenters. The van der Waals surface area contributed by atoms with Gasteiger partial charge < -0.3 is 10.2 Å². The molecule has 1 aromatic heterocycles. The van der Waals surface area contributed by atoms with Gasteiger partial charge in [-0.2, -0.15) is 0 Å². The number of hydrogen-bond acceptors (Lipinski definition) is 3. The van der Waals surface area contributed by atoms with Crippen LogP contribution in [-0.4, -0.2) is 24.6 Å². The van der Waals surface area contributed by atoms with Crippen LogP contribution in [0.3, 0.4) is 0 Å². The normalized spacial score (nSPS) is 20.2. The van der Waals surface area contributed by atoms with Crippen molar-refractivity contribution in [3.8, 4) is 0 Å². The summed E-state index contributed by atoms with van der Waals surface area (Å²) in [7, 11) is 0. The molecule has 1 fully saturated rings. The van der Waals surface area contributed by atoms with Crippen LogP contribution in [0.1, 0.15) is 58.7 Å². The fourth-order valence-electron chi connectivity index (χ4n) is 3.13. The van der Waals surface area contributed by atoms with Gasteiger partial charge in [0.15, 0.2) is 0 Å². The lowest BCUT2D eigenvalue weighted by molar-refractivity contribution is 0.422. The van der Waals surface area contributed by atoms with E-state index in [-0.39, 0.29) is 0 Å². The predicted octanol–water partition coefficient (Wildman–Crippen LogP) is 4.01. The number of nitrogens with zero attached hydrogens (tertiary/aromatic N) is 2. The second-order valence-corrected chi connectivity index (χ2v) is 6.60. The molecular formula is C18H31N3. The number of nitrogens with one attached hydrogen (secondary N) is 1. The van der Waals surface area contributed by atoms with E-state index in [1.165, 1.54) is 37.3 Å². The molecule has 118 valence electrons. The molecule has 1 N–H and O–H groups in total. The molecule has 1 aliphatic rings. The van der Waals surface area contributed by atoms with Crippen molar-refractivity contribution in [1.82, 2.24) is 10.3 Å². The van der Waals surface area contributed by atoms with E-state index >= 15 is 0 Å². The number of rotatable bonds is 7. The maximum Gasteiger partial charge on any atom is 0.0574 e. The Morgan fingerprint density at radius 2 is 2.14 bits per heavy atom. The molecule has 2 rings (SSSR count). The quantitative estimate of drug-likeness (QED) is 0.822. The minimum absolute atomic E-state index is 0.390. The summed E-state index contributed by atoms with van der Waals surface area (Å²) in [4.78, 5) is 7.20. The topological polar surface area (TPSA) is 28.2 Å². The first-order valence-electron chi connectivity index (χ1n) is 8.60. The maximum atomic E-state index is 4.71. The highest BCUT2D eigenvalue weighted by atomic mass is 15.2. The fraction of sp³-hybridized carbons (Fsp3) is 0.722. The molecule has 0 amide bonds. The summed E-state index contributed by atoms with van der Waals surface area (Å²) in [5.41, 5.74) is 2.46. The van der Waals surface area contributed by atoms with Crippen molar-refractivity contribution in [2.45, 2.75) is 53.0 Å². The Hall–Kier alpha value is -1.09. The Kier molecular flexibility index (Phi) is 6.04. The number of aromatic nitrogens is 1. The maximum absolute atomic E-state index is 4.71. The summed E-state index contributed by atoms with van der Waals surface area (Å²) in [6.07, 6.45) is 5.63. The van der Waals surface area contributed by atoms with Crippen molar-refractivity contribution in [2.24, 2.45) is 11.8 Å². The van der Waals surface area contributed by atoms with E-state index in [4.69, 9.17) is 4.98 Å². The average Bonchev–Trinajstić information content (AvgIpc) is 2.99. The minimum atomic E-state index is 0.390. The molecule has 1 aromatic rings. The van der Waals surface area contributed by atoms with E-state index in [1.54, 1.807) is 0 Å². The molecule has 3 heteroatoms. The van der Waals surface area contributed by atoms with Crippen molar-refractivity contribution in [2.75, 3.05) is 24.5 Å². The van der Waals surface area contributed by atoms with Crippen molar-refractivity contribution < 1.29 is 0 Å². The molecule has 0 spiro atoms. The Morgan fingerprint density at radius 1 is 1.33 bits per heavy atom. The number of anilines is 1. The third kappa shape index (κ3) is 4.19. The molecule has 2 unspecified atom stereocenters. The Balaban J connectivity index is 1.98. The van der Waals surface area contributed by atoms with Gasteiger partial charge in [0.05, 0.1) is 17.6 Å². The summed E-state index contributed by atoms with van der Waals surface area (Å²) in [6, 6.07) is 4.84. The van der Waals surface area contributed by atoms with Gasteiger partial charge in [-0.3, -0.25) is 4.98 Å². The number of pyridine rings is 1. The number of hydrogen-bond donors (Lipinski definition) is 1. The van der Waals surface area contributed by atoms with Crippen LogP contribution in [0, 0.1) is 11.8 Å². The third-order valence-electron chi connectivity index (χ3n) is 4.71. The molecule has 1 saturated heterocycles. The molecule has 0 aliphatic carbocycles. The van der Waals surface area contributed by atoms with E-state index in [2.05, 4.69) is 56.2 Å². The van der Waals surface area contributed by atoms with Gasteiger partial charge in [0, 0.05) is 19.1 Å². The highest BCUT2D eigenvalue weighted by Crippen LogP contribution is 2.28. The van der Waals surface area contributed by atoms with Gasteiger partial charge in [0.25, 0.3) is 0 Å². The molecule has 0 saturated carbocycles. The molecule has 2 heterocycles. The van der Waals surface area contributed by atoms with Crippen LogP contribution >= 0.6 is 0 Å². The Labute approximate surface area is 130 Å². The van der Waals surface area contributed by atoms with Crippen molar-refractivity contribution >= 4 is 5.69 Å². The lowest BCUT2D eigenvalue weighted by Gasteiger charge is -2.21. The van der Waals surface area contributed by atoms with E-state index < -0.39 is 0 Å².